The minimum Gasteiger partial charge on any atom is -0.457 e. The van der Waals surface area contributed by atoms with Gasteiger partial charge in [-0.2, -0.15) is 5.10 Å². The number of benzene rings is 5. The summed E-state index contributed by atoms with van der Waals surface area (Å²) in [7, 11) is 0. The molecule has 0 amide bonds. The molecule has 0 aliphatic rings. The number of hydrogen-bond donors (Lipinski definition) is 0. The van der Waals surface area contributed by atoms with E-state index in [1.807, 2.05) is 42.1 Å². The normalized spacial score (nSPS) is 11.8. The molecule has 0 bridgehead atoms. The summed E-state index contributed by atoms with van der Waals surface area (Å²) in [6.45, 7) is 12.9. The molecule has 0 saturated heterocycles. The summed E-state index contributed by atoms with van der Waals surface area (Å²) in [6, 6.07) is 38.4. The van der Waals surface area contributed by atoms with E-state index in [1.165, 1.54) is 49.4 Å². The molecule has 9 aromatic rings. The van der Waals surface area contributed by atoms with Crippen molar-refractivity contribution in [1.82, 2.24) is 23.9 Å². The fraction of sp³-hybridized carbons (Fsp3) is 0.136. The summed E-state index contributed by atoms with van der Waals surface area (Å²) in [5.41, 5.74) is 13.8. The molecular weight excluding hydrogens is 615 g/mol. The zero-order valence-electron chi connectivity index (χ0n) is 29.1. The van der Waals surface area contributed by atoms with E-state index in [9.17, 15) is 0 Å². The van der Waals surface area contributed by atoms with Crippen LogP contribution in [0.25, 0.3) is 60.8 Å². The van der Waals surface area contributed by atoms with Gasteiger partial charge in [0.25, 0.3) is 0 Å². The molecule has 4 aromatic heterocycles. The summed E-state index contributed by atoms with van der Waals surface area (Å²) < 4.78 is 13.2. The van der Waals surface area contributed by atoms with E-state index in [2.05, 4.69) is 134 Å². The predicted octanol–water partition coefficient (Wildman–Crippen LogP) is 11.1. The van der Waals surface area contributed by atoms with Crippen molar-refractivity contribution in [3.8, 4) is 28.7 Å². The predicted molar refractivity (Wildman–Crippen MR) is 205 cm³/mol. The highest BCUT2D eigenvalue weighted by Crippen LogP contribution is 2.39. The van der Waals surface area contributed by atoms with Gasteiger partial charge in [0.1, 0.15) is 17.3 Å². The number of aryl methyl sites for hydroxylation is 6. The van der Waals surface area contributed by atoms with Gasteiger partial charge in [0.2, 0.25) is 0 Å². The third-order valence-electron chi connectivity index (χ3n) is 10.3. The van der Waals surface area contributed by atoms with Crippen LogP contribution in [0.2, 0.25) is 0 Å². The Morgan fingerprint density at radius 1 is 0.520 bits per heavy atom. The van der Waals surface area contributed by atoms with Crippen LogP contribution in [-0.2, 0) is 0 Å². The second kappa shape index (κ2) is 11.2. The zero-order valence-corrected chi connectivity index (χ0v) is 29.1. The maximum Gasteiger partial charge on any atom is 0.139 e. The van der Waals surface area contributed by atoms with Crippen LogP contribution in [-0.4, -0.2) is 23.9 Å². The molecule has 0 N–H and O–H groups in total. The van der Waals surface area contributed by atoms with E-state index in [4.69, 9.17) is 9.72 Å². The molecule has 4 heterocycles. The fourth-order valence-corrected chi connectivity index (χ4v) is 7.62. The van der Waals surface area contributed by atoms with Crippen molar-refractivity contribution in [3.05, 3.63) is 149 Å². The van der Waals surface area contributed by atoms with Crippen LogP contribution in [0.5, 0.6) is 11.5 Å². The van der Waals surface area contributed by atoms with Gasteiger partial charge in [-0.3, -0.25) is 4.57 Å². The van der Waals surface area contributed by atoms with E-state index in [1.54, 1.807) is 0 Å². The van der Waals surface area contributed by atoms with Crippen LogP contribution < -0.4 is 4.74 Å². The van der Waals surface area contributed by atoms with Gasteiger partial charge in [0.05, 0.1) is 39.1 Å². The highest BCUT2D eigenvalue weighted by atomic mass is 16.5. The Labute approximate surface area is 290 Å². The lowest BCUT2D eigenvalue weighted by Crippen LogP contribution is -2.02. The summed E-state index contributed by atoms with van der Waals surface area (Å²) >= 11 is 0. The minimum absolute atomic E-state index is 0.750. The summed E-state index contributed by atoms with van der Waals surface area (Å²) in [6.07, 6.45) is 1.93. The number of nitrogens with zero attached hydrogens (tertiary/aromatic N) is 5. The van der Waals surface area contributed by atoms with E-state index < -0.39 is 0 Å². The summed E-state index contributed by atoms with van der Waals surface area (Å²) in [4.78, 5) is 5.00. The molecule has 0 spiro atoms. The fourth-order valence-electron chi connectivity index (χ4n) is 7.62. The highest BCUT2D eigenvalue weighted by Gasteiger charge is 2.20. The number of fused-ring (bicyclic) bond motifs is 6. The number of rotatable bonds is 5. The first-order valence-electron chi connectivity index (χ1n) is 17.1. The average molecular weight is 652 g/mol. The number of pyridine rings is 1. The van der Waals surface area contributed by atoms with Gasteiger partial charge in [-0.15, -0.1) is 0 Å². The molecule has 0 aliphatic carbocycles. The van der Waals surface area contributed by atoms with E-state index in [0.717, 1.165) is 56.5 Å². The minimum atomic E-state index is 0.750. The highest BCUT2D eigenvalue weighted by molar-refractivity contribution is 6.12. The third-order valence-corrected chi connectivity index (χ3v) is 10.3. The van der Waals surface area contributed by atoms with Crippen LogP contribution in [0.4, 0.5) is 0 Å². The van der Waals surface area contributed by atoms with Gasteiger partial charge < -0.3 is 9.30 Å². The molecule has 9 rings (SSSR count). The van der Waals surface area contributed by atoms with Gasteiger partial charge in [0.15, 0.2) is 0 Å². The Bertz CT molecular complexity index is 2750. The van der Waals surface area contributed by atoms with Gasteiger partial charge in [-0.05, 0) is 106 Å². The lowest BCUT2D eigenvalue weighted by molar-refractivity contribution is 0.482. The van der Waals surface area contributed by atoms with Crippen LogP contribution in [0.15, 0.2) is 115 Å². The number of aromatic nitrogens is 5. The van der Waals surface area contributed by atoms with Crippen molar-refractivity contribution in [3.63, 3.8) is 0 Å². The maximum absolute atomic E-state index is 6.53. The van der Waals surface area contributed by atoms with Gasteiger partial charge >= 0.3 is 0 Å². The topological polar surface area (TPSA) is 49.8 Å². The Morgan fingerprint density at radius 2 is 1.20 bits per heavy atom. The molecule has 5 aromatic carbocycles. The second-order valence-electron chi connectivity index (χ2n) is 13.5. The molecule has 0 unspecified atom stereocenters. The molecule has 0 aliphatic heterocycles. The molecule has 50 heavy (non-hydrogen) atoms. The first-order chi connectivity index (χ1) is 24.3. The first kappa shape index (κ1) is 30.0. The molecule has 0 atom stereocenters. The van der Waals surface area contributed by atoms with Crippen LogP contribution >= 0.6 is 0 Å². The molecule has 6 heteroatoms. The quantitative estimate of drug-likeness (QED) is 0.186. The molecule has 0 fully saturated rings. The van der Waals surface area contributed by atoms with Crippen molar-refractivity contribution in [2.75, 3.05) is 0 Å². The molecule has 6 nitrogen and oxygen atoms in total. The Hall–Kier alpha value is -6.14. The Morgan fingerprint density at radius 3 is 1.92 bits per heavy atom. The number of para-hydroxylation sites is 1. The van der Waals surface area contributed by atoms with Crippen molar-refractivity contribution in [1.29, 1.82) is 0 Å². The largest absolute Gasteiger partial charge is 0.457 e. The van der Waals surface area contributed by atoms with Gasteiger partial charge in [0, 0.05) is 51.6 Å². The summed E-state index contributed by atoms with van der Waals surface area (Å²) in [5.74, 6) is 2.35. The number of hydrogen-bond acceptors (Lipinski definition) is 3. The molecule has 0 radical (unpaired) electrons. The van der Waals surface area contributed by atoms with Gasteiger partial charge in [-0.25, -0.2) is 9.67 Å². The van der Waals surface area contributed by atoms with Crippen molar-refractivity contribution in [2.24, 2.45) is 0 Å². The van der Waals surface area contributed by atoms with Crippen molar-refractivity contribution in [2.45, 2.75) is 41.5 Å². The average Bonchev–Trinajstić information content (AvgIpc) is 3.76. The molecule has 244 valence electrons. The van der Waals surface area contributed by atoms with E-state index in [0.29, 0.717) is 0 Å². The smallest absolute Gasteiger partial charge is 0.139 e. The third kappa shape index (κ3) is 4.56. The monoisotopic (exact) mass is 651 g/mol. The van der Waals surface area contributed by atoms with Crippen LogP contribution in [0.1, 0.15) is 33.6 Å². The lowest BCUT2D eigenvalue weighted by Gasteiger charge is -2.15. The van der Waals surface area contributed by atoms with E-state index >= 15 is 0 Å². The lowest BCUT2D eigenvalue weighted by atomic mass is 10.0. The molecule has 0 saturated carbocycles. The zero-order chi connectivity index (χ0) is 34.3. The van der Waals surface area contributed by atoms with E-state index in [-0.39, 0.29) is 0 Å². The molecular formula is C44H37N5O. The SMILES string of the molecule is Cc1cc(C)n(-c2cccc(Oc3ccc4c5ccccc5n(-c5cc(-n6c7c(C)c(C)ccc7c7ccc(C)c(C)c76)ccn5)c4c3)c2)n1. The maximum atomic E-state index is 6.53. The standard InChI is InChI=1S/C44H37N5O/c1-26-14-17-38-39-18-15-27(2)31(6)44(39)47(43(38)30(26)5)32-20-21-45-42(24-32)48-40-13-8-7-12-36(40)37-19-16-35(25-41(37)48)50-34-11-9-10-33(23-34)49-29(4)22-28(3)46-49/h7-25H,1-6H3. The van der Waals surface area contributed by atoms with Crippen LogP contribution in [0, 0.1) is 41.5 Å². The second-order valence-corrected chi connectivity index (χ2v) is 13.5. The Kier molecular flexibility index (Phi) is 6.71. The van der Waals surface area contributed by atoms with Crippen molar-refractivity contribution >= 4 is 43.6 Å². The number of ether oxygens (including phenoxy) is 1. The van der Waals surface area contributed by atoms with Crippen LogP contribution in [0.3, 0.4) is 0 Å². The summed E-state index contributed by atoms with van der Waals surface area (Å²) in [5, 5.41) is 9.52. The Balaban J connectivity index is 1.22. The van der Waals surface area contributed by atoms with Gasteiger partial charge in [-0.1, -0.05) is 48.5 Å². The van der Waals surface area contributed by atoms with Crippen molar-refractivity contribution < 1.29 is 4.74 Å². The first-order valence-corrected chi connectivity index (χ1v) is 17.1.